The Labute approximate surface area is 314 Å². The summed E-state index contributed by atoms with van der Waals surface area (Å²) in [5, 5.41) is 6.76. The number of hydrogen-bond acceptors (Lipinski definition) is 2. The minimum absolute atomic E-state index is 1.17. The minimum atomic E-state index is 1.17. The Morgan fingerprint density at radius 2 is 0.769 bits per heavy atom. The first-order valence-corrected chi connectivity index (χ1v) is 19.2. The van der Waals surface area contributed by atoms with Crippen LogP contribution in [0.15, 0.2) is 181 Å². The first kappa shape index (κ1) is 33.1. The molecule has 52 heavy (non-hydrogen) atoms. The van der Waals surface area contributed by atoms with Gasteiger partial charge in [-0.15, -0.1) is 22.7 Å². The second-order valence-electron chi connectivity index (χ2n) is 12.6. The van der Waals surface area contributed by atoms with Crippen LogP contribution in [-0.2, 0) is 0 Å². The van der Waals surface area contributed by atoms with Crippen molar-refractivity contribution < 1.29 is 0 Å². The molecule has 0 N–H and O–H groups in total. The molecular formula is C50H36S2. The maximum Gasteiger partial charge on any atom is 0.0348 e. The number of hydrogen-bond donors (Lipinski definition) is 0. The molecular weight excluding hydrogens is 665 g/mol. The van der Waals surface area contributed by atoms with Gasteiger partial charge in [0.05, 0.1) is 0 Å². The Balaban J connectivity index is 1.03. The average Bonchev–Trinajstić information content (AvgIpc) is 3.95. The summed E-state index contributed by atoms with van der Waals surface area (Å²) in [6.07, 6.45) is 13.5. The van der Waals surface area contributed by atoms with Crippen LogP contribution in [0.2, 0.25) is 0 Å². The Hall–Kier alpha value is -6.06. The number of rotatable bonds is 10. The van der Waals surface area contributed by atoms with Crippen LogP contribution < -0.4 is 0 Å². The third-order valence-electron chi connectivity index (χ3n) is 9.12. The van der Waals surface area contributed by atoms with Gasteiger partial charge in [-0.1, -0.05) is 182 Å². The van der Waals surface area contributed by atoms with Crippen LogP contribution in [0.5, 0.6) is 0 Å². The summed E-state index contributed by atoms with van der Waals surface area (Å²) in [6, 6.07) is 60.6. The molecule has 0 aliphatic rings. The highest BCUT2D eigenvalue weighted by molar-refractivity contribution is 7.11. The zero-order valence-corrected chi connectivity index (χ0v) is 30.2. The molecule has 0 fully saturated rings. The van der Waals surface area contributed by atoms with Crippen molar-refractivity contribution in [2.24, 2.45) is 0 Å². The highest BCUT2D eigenvalue weighted by Crippen LogP contribution is 2.32. The van der Waals surface area contributed by atoms with Gasteiger partial charge in [-0.2, -0.15) is 0 Å². The Bertz CT molecular complexity index is 2320. The van der Waals surface area contributed by atoms with Crippen molar-refractivity contribution in [3.8, 4) is 0 Å². The van der Waals surface area contributed by atoms with Gasteiger partial charge in [-0.3, -0.25) is 0 Å². The monoisotopic (exact) mass is 700 g/mol. The molecule has 2 heterocycles. The molecule has 2 aromatic heterocycles. The van der Waals surface area contributed by atoms with Crippen molar-refractivity contribution >= 4 is 81.0 Å². The predicted molar refractivity (Wildman–Crippen MR) is 230 cm³/mol. The molecule has 0 radical (unpaired) electrons. The Kier molecular flexibility index (Phi) is 10.1. The van der Waals surface area contributed by atoms with Crippen LogP contribution in [0.3, 0.4) is 0 Å². The standard InChI is InChI=1S/C50H36S2/c1-3-11-41(12-4-1)46(48-19-9-33-51-48)35-39-25-21-37(22-26-39)29-31-44-17-7-15-43-16-8-18-45(50(43)44)32-30-38-23-27-40(28-24-38)36-47(49-20-10-34-52-49)42-13-5-2-6-14-42/h1-36H/b31-29-,32-30-,46-35-,47-36-. The summed E-state index contributed by atoms with van der Waals surface area (Å²) in [4.78, 5) is 2.54. The third kappa shape index (κ3) is 7.80. The van der Waals surface area contributed by atoms with E-state index in [1.807, 2.05) is 0 Å². The lowest BCUT2D eigenvalue weighted by atomic mass is 9.97. The lowest BCUT2D eigenvalue weighted by molar-refractivity contribution is 1.59. The van der Waals surface area contributed by atoms with E-state index in [9.17, 15) is 0 Å². The quantitative estimate of drug-likeness (QED) is 0.125. The van der Waals surface area contributed by atoms with Crippen LogP contribution in [0.4, 0.5) is 0 Å². The molecule has 0 bridgehead atoms. The van der Waals surface area contributed by atoms with Crippen LogP contribution in [0.1, 0.15) is 54.3 Å². The van der Waals surface area contributed by atoms with Gasteiger partial charge in [0.2, 0.25) is 0 Å². The number of fused-ring (bicyclic) bond motifs is 1. The largest absolute Gasteiger partial charge is 0.144 e. The fraction of sp³-hybridized carbons (Fsp3) is 0. The van der Waals surface area contributed by atoms with E-state index in [0.29, 0.717) is 0 Å². The van der Waals surface area contributed by atoms with E-state index in [1.54, 1.807) is 22.7 Å². The van der Waals surface area contributed by atoms with Gasteiger partial charge in [0.1, 0.15) is 0 Å². The van der Waals surface area contributed by atoms with Gasteiger partial charge in [0.25, 0.3) is 0 Å². The Morgan fingerprint density at radius 1 is 0.346 bits per heavy atom. The van der Waals surface area contributed by atoms with E-state index >= 15 is 0 Å². The van der Waals surface area contributed by atoms with Gasteiger partial charge in [-0.05, 0) is 101 Å². The highest BCUT2D eigenvalue weighted by Gasteiger charge is 2.08. The van der Waals surface area contributed by atoms with Crippen molar-refractivity contribution in [3.05, 3.63) is 235 Å². The molecule has 0 aliphatic heterocycles. The van der Waals surface area contributed by atoms with E-state index < -0.39 is 0 Å². The van der Waals surface area contributed by atoms with Crippen molar-refractivity contribution in [2.75, 3.05) is 0 Å². The topological polar surface area (TPSA) is 0 Å². The van der Waals surface area contributed by atoms with E-state index in [2.05, 4.69) is 217 Å². The highest BCUT2D eigenvalue weighted by atomic mass is 32.1. The zero-order valence-electron chi connectivity index (χ0n) is 28.6. The van der Waals surface area contributed by atoms with Gasteiger partial charge in [0.15, 0.2) is 0 Å². The molecule has 0 atom stereocenters. The van der Waals surface area contributed by atoms with E-state index in [0.717, 1.165) is 0 Å². The van der Waals surface area contributed by atoms with Crippen LogP contribution in [-0.4, -0.2) is 0 Å². The summed E-state index contributed by atoms with van der Waals surface area (Å²) in [5.41, 5.74) is 12.1. The second-order valence-corrected chi connectivity index (χ2v) is 14.5. The van der Waals surface area contributed by atoms with Crippen molar-refractivity contribution in [2.45, 2.75) is 0 Å². The van der Waals surface area contributed by atoms with Gasteiger partial charge < -0.3 is 0 Å². The maximum absolute atomic E-state index is 2.29. The molecule has 248 valence electrons. The zero-order chi connectivity index (χ0) is 35.0. The normalized spacial score (nSPS) is 12.3. The predicted octanol–water partition coefficient (Wildman–Crippen LogP) is 14.5. The average molecular weight is 701 g/mol. The molecule has 0 saturated heterocycles. The second kappa shape index (κ2) is 15.9. The van der Waals surface area contributed by atoms with Crippen molar-refractivity contribution in [1.29, 1.82) is 0 Å². The fourth-order valence-corrected chi connectivity index (χ4v) is 8.01. The van der Waals surface area contributed by atoms with Crippen LogP contribution in [0, 0.1) is 0 Å². The fourth-order valence-electron chi connectivity index (χ4n) is 6.48. The Morgan fingerprint density at radius 3 is 1.17 bits per heavy atom. The van der Waals surface area contributed by atoms with Gasteiger partial charge in [-0.25, -0.2) is 0 Å². The van der Waals surface area contributed by atoms with Crippen molar-refractivity contribution in [1.82, 2.24) is 0 Å². The summed E-state index contributed by atoms with van der Waals surface area (Å²) in [5.74, 6) is 0. The molecule has 8 aromatic rings. The smallest absolute Gasteiger partial charge is 0.0348 e. The van der Waals surface area contributed by atoms with E-state index in [4.69, 9.17) is 0 Å². The molecule has 0 unspecified atom stereocenters. The summed E-state index contributed by atoms with van der Waals surface area (Å²) in [6.45, 7) is 0. The molecule has 0 nitrogen and oxygen atoms in total. The number of thiophene rings is 2. The summed E-state index contributed by atoms with van der Waals surface area (Å²) in [7, 11) is 0. The molecule has 2 heteroatoms. The third-order valence-corrected chi connectivity index (χ3v) is 10.9. The van der Waals surface area contributed by atoms with Crippen LogP contribution in [0.25, 0.3) is 58.4 Å². The molecule has 0 saturated carbocycles. The van der Waals surface area contributed by atoms with E-state index in [1.165, 1.54) is 76.2 Å². The lowest BCUT2D eigenvalue weighted by Crippen LogP contribution is -1.85. The first-order valence-electron chi connectivity index (χ1n) is 17.5. The lowest BCUT2D eigenvalue weighted by Gasteiger charge is -2.08. The first-order chi connectivity index (χ1) is 25.8. The SMILES string of the molecule is C(=C/c1cccc2cccc(/C=C\c3ccc(/C=C(/c4ccccc4)c4cccs4)cc3)c12)/c1ccc(/C=C(/c2ccccc2)c2cccs2)cc1. The minimum Gasteiger partial charge on any atom is -0.144 e. The summed E-state index contributed by atoms with van der Waals surface area (Å²) >= 11 is 3.55. The van der Waals surface area contributed by atoms with Crippen LogP contribution >= 0.6 is 22.7 Å². The molecule has 0 amide bonds. The molecule has 0 aliphatic carbocycles. The number of benzene rings is 6. The van der Waals surface area contributed by atoms with Gasteiger partial charge >= 0.3 is 0 Å². The molecule has 6 aromatic carbocycles. The molecule has 8 rings (SSSR count). The van der Waals surface area contributed by atoms with Crippen molar-refractivity contribution in [3.63, 3.8) is 0 Å². The molecule has 0 spiro atoms. The maximum atomic E-state index is 2.29. The van der Waals surface area contributed by atoms with Gasteiger partial charge in [0, 0.05) is 9.75 Å². The summed E-state index contributed by atoms with van der Waals surface area (Å²) < 4.78 is 0. The van der Waals surface area contributed by atoms with E-state index in [-0.39, 0.29) is 0 Å².